The Morgan fingerprint density at radius 3 is 2.40 bits per heavy atom. The number of carboxylic acids is 1. The van der Waals surface area contributed by atoms with Crippen LogP contribution in [-0.2, 0) is 9.59 Å². The summed E-state index contributed by atoms with van der Waals surface area (Å²) in [7, 11) is 0. The third-order valence-corrected chi connectivity index (χ3v) is 3.46. The molecule has 0 saturated carbocycles. The Morgan fingerprint density at radius 1 is 1.24 bits per heavy atom. The Hall–Kier alpha value is -2.97. The van der Waals surface area contributed by atoms with Crippen LogP contribution in [0.15, 0.2) is 24.3 Å². The van der Waals surface area contributed by atoms with Gasteiger partial charge in [-0.3, -0.25) is 19.7 Å². The van der Waals surface area contributed by atoms with Crippen molar-refractivity contribution >= 4 is 23.5 Å². The van der Waals surface area contributed by atoms with Gasteiger partial charge >= 0.3 is 5.97 Å². The number of carbonyl (C=O) groups excluding carboxylic acids is 2. The summed E-state index contributed by atoms with van der Waals surface area (Å²) in [6, 6.07) is 4.13. The van der Waals surface area contributed by atoms with E-state index in [0.717, 1.165) is 6.42 Å². The first-order valence-electron chi connectivity index (χ1n) is 7.90. The number of amides is 2. The van der Waals surface area contributed by atoms with Crippen LogP contribution in [-0.4, -0.2) is 40.4 Å². The highest BCUT2D eigenvalue weighted by molar-refractivity contribution is 5.94. The maximum Gasteiger partial charge on any atom is 0.326 e. The number of nitro groups is 1. The van der Waals surface area contributed by atoms with E-state index in [4.69, 9.17) is 5.11 Å². The van der Waals surface area contributed by atoms with Crippen LogP contribution in [0.4, 0.5) is 5.69 Å². The number of rotatable bonds is 10. The van der Waals surface area contributed by atoms with Crippen LogP contribution in [0.2, 0.25) is 0 Å². The first-order chi connectivity index (χ1) is 11.8. The number of nitrogens with zero attached hydrogens (tertiary/aromatic N) is 1. The average molecular weight is 351 g/mol. The number of carbonyl (C=O) groups is 3. The molecule has 0 fully saturated rings. The van der Waals surface area contributed by atoms with Gasteiger partial charge < -0.3 is 15.7 Å². The van der Waals surface area contributed by atoms with E-state index >= 15 is 0 Å². The van der Waals surface area contributed by atoms with Crippen molar-refractivity contribution in [3.63, 3.8) is 0 Å². The maximum absolute atomic E-state index is 11.9. The first-order valence-corrected chi connectivity index (χ1v) is 7.90. The molecule has 1 atom stereocenters. The fraction of sp³-hybridized carbons (Fsp3) is 0.438. The molecule has 0 aliphatic heterocycles. The second-order valence-electron chi connectivity index (χ2n) is 5.41. The Morgan fingerprint density at radius 2 is 1.88 bits per heavy atom. The Bertz CT molecular complexity index is 629. The van der Waals surface area contributed by atoms with Crippen molar-refractivity contribution in [1.29, 1.82) is 0 Å². The number of nitro benzene ring substituents is 1. The number of nitrogens with one attached hydrogen (secondary N) is 2. The fourth-order valence-corrected chi connectivity index (χ4v) is 2.06. The van der Waals surface area contributed by atoms with Gasteiger partial charge in [-0.15, -0.1) is 0 Å². The van der Waals surface area contributed by atoms with E-state index in [1.54, 1.807) is 0 Å². The largest absolute Gasteiger partial charge is 0.480 e. The topological polar surface area (TPSA) is 139 Å². The minimum atomic E-state index is -1.09. The van der Waals surface area contributed by atoms with Gasteiger partial charge in [0.2, 0.25) is 5.91 Å². The minimum absolute atomic E-state index is 0.0295. The van der Waals surface area contributed by atoms with E-state index in [-0.39, 0.29) is 24.2 Å². The van der Waals surface area contributed by atoms with Crippen molar-refractivity contribution in [2.45, 2.75) is 38.6 Å². The Kier molecular flexibility index (Phi) is 8.04. The molecule has 9 heteroatoms. The normalized spacial score (nSPS) is 11.4. The summed E-state index contributed by atoms with van der Waals surface area (Å²) >= 11 is 0. The molecule has 0 radical (unpaired) electrons. The predicted molar refractivity (Wildman–Crippen MR) is 89.1 cm³/mol. The van der Waals surface area contributed by atoms with Crippen LogP contribution in [0.1, 0.15) is 43.0 Å². The molecule has 3 N–H and O–H groups in total. The van der Waals surface area contributed by atoms with Gasteiger partial charge in [-0.1, -0.05) is 19.8 Å². The highest BCUT2D eigenvalue weighted by Crippen LogP contribution is 2.11. The smallest absolute Gasteiger partial charge is 0.326 e. The summed E-state index contributed by atoms with van der Waals surface area (Å²) in [5.74, 6) is -2.02. The SMILES string of the molecule is CCCCC(NC(=O)CCNC(=O)c1ccc([N+](=O)[O-])cc1)C(=O)O. The molecule has 25 heavy (non-hydrogen) atoms. The molecule has 0 saturated heterocycles. The number of non-ortho nitro benzene ring substituents is 1. The molecule has 2 amide bonds. The van der Waals surface area contributed by atoms with Crippen LogP contribution in [0.5, 0.6) is 0 Å². The molecule has 0 spiro atoms. The predicted octanol–water partition coefficient (Wildman–Crippen LogP) is 1.47. The molecule has 0 aromatic heterocycles. The van der Waals surface area contributed by atoms with Crippen LogP contribution >= 0.6 is 0 Å². The van der Waals surface area contributed by atoms with Crippen molar-refractivity contribution in [1.82, 2.24) is 10.6 Å². The summed E-state index contributed by atoms with van der Waals surface area (Å²) in [6.07, 6.45) is 1.81. The molecule has 1 unspecified atom stereocenters. The van der Waals surface area contributed by atoms with E-state index in [1.165, 1.54) is 24.3 Å². The van der Waals surface area contributed by atoms with Gasteiger partial charge in [0.1, 0.15) is 6.04 Å². The molecule has 0 aliphatic carbocycles. The van der Waals surface area contributed by atoms with E-state index in [9.17, 15) is 24.5 Å². The van der Waals surface area contributed by atoms with Crippen LogP contribution in [0.25, 0.3) is 0 Å². The van der Waals surface area contributed by atoms with Crippen molar-refractivity contribution in [3.05, 3.63) is 39.9 Å². The monoisotopic (exact) mass is 351 g/mol. The van der Waals surface area contributed by atoms with Crippen LogP contribution in [0, 0.1) is 10.1 Å². The van der Waals surface area contributed by atoms with Crippen molar-refractivity contribution in [3.8, 4) is 0 Å². The lowest BCUT2D eigenvalue weighted by atomic mass is 10.1. The lowest BCUT2D eigenvalue weighted by Gasteiger charge is -2.14. The lowest BCUT2D eigenvalue weighted by Crippen LogP contribution is -2.41. The van der Waals surface area contributed by atoms with Crippen molar-refractivity contribution < 1.29 is 24.4 Å². The van der Waals surface area contributed by atoms with Gasteiger partial charge in [-0.25, -0.2) is 4.79 Å². The van der Waals surface area contributed by atoms with Gasteiger partial charge in [0.25, 0.3) is 11.6 Å². The molecular weight excluding hydrogens is 330 g/mol. The second kappa shape index (κ2) is 10.0. The highest BCUT2D eigenvalue weighted by atomic mass is 16.6. The number of unbranched alkanes of at least 4 members (excludes halogenated alkanes) is 1. The summed E-state index contributed by atoms with van der Waals surface area (Å²) in [5, 5.41) is 24.5. The van der Waals surface area contributed by atoms with Gasteiger partial charge in [0.05, 0.1) is 4.92 Å². The maximum atomic E-state index is 11.9. The highest BCUT2D eigenvalue weighted by Gasteiger charge is 2.19. The third kappa shape index (κ3) is 6.98. The molecule has 0 aliphatic rings. The molecule has 1 aromatic carbocycles. The Labute approximate surface area is 144 Å². The number of carboxylic acid groups (broad SMARTS) is 1. The number of hydrogen-bond donors (Lipinski definition) is 3. The van der Waals surface area contributed by atoms with Crippen molar-refractivity contribution in [2.75, 3.05) is 6.54 Å². The van der Waals surface area contributed by atoms with E-state index in [2.05, 4.69) is 10.6 Å². The quantitative estimate of drug-likeness (QED) is 0.431. The van der Waals surface area contributed by atoms with E-state index in [0.29, 0.717) is 12.8 Å². The summed E-state index contributed by atoms with van der Waals surface area (Å²) in [6.45, 7) is 1.95. The molecule has 136 valence electrons. The van der Waals surface area contributed by atoms with Gasteiger partial charge in [0, 0.05) is 30.7 Å². The zero-order chi connectivity index (χ0) is 18.8. The van der Waals surface area contributed by atoms with Gasteiger partial charge in [0.15, 0.2) is 0 Å². The third-order valence-electron chi connectivity index (χ3n) is 3.46. The summed E-state index contributed by atoms with van der Waals surface area (Å²) in [4.78, 5) is 44.7. The number of hydrogen-bond acceptors (Lipinski definition) is 5. The first kappa shape index (κ1) is 20.1. The zero-order valence-electron chi connectivity index (χ0n) is 13.9. The summed E-state index contributed by atoms with van der Waals surface area (Å²) < 4.78 is 0. The minimum Gasteiger partial charge on any atom is -0.480 e. The second-order valence-corrected chi connectivity index (χ2v) is 5.41. The lowest BCUT2D eigenvalue weighted by molar-refractivity contribution is -0.384. The average Bonchev–Trinajstić information content (AvgIpc) is 2.58. The molecule has 0 heterocycles. The van der Waals surface area contributed by atoms with E-state index in [1.807, 2.05) is 6.92 Å². The van der Waals surface area contributed by atoms with E-state index < -0.39 is 28.7 Å². The molecule has 9 nitrogen and oxygen atoms in total. The zero-order valence-corrected chi connectivity index (χ0v) is 13.9. The summed E-state index contributed by atoms with van der Waals surface area (Å²) in [5.41, 5.74) is 0.111. The molecular formula is C16H21N3O6. The number of aliphatic carboxylic acids is 1. The molecule has 1 rings (SSSR count). The van der Waals surface area contributed by atoms with Gasteiger partial charge in [-0.2, -0.15) is 0 Å². The molecule has 1 aromatic rings. The van der Waals surface area contributed by atoms with Crippen LogP contribution in [0.3, 0.4) is 0 Å². The van der Waals surface area contributed by atoms with Crippen LogP contribution < -0.4 is 10.6 Å². The number of benzene rings is 1. The van der Waals surface area contributed by atoms with Gasteiger partial charge in [-0.05, 0) is 18.6 Å². The molecule has 0 bridgehead atoms. The van der Waals surface area contributed by atoms with Crippen molar-refractivity contribution in [2.24, 2.45) is 0 Å². The fourth-order valence-electron chi connectivity index (χ4n) is 2.06. The standard InChI is InChI=1S/C16H21N3O6/c1-2-3-4-13(16(22)23)18-14(20)9-10-17-15(21)11-5-7-12(8-6-11)19(24)25/h5-8,13H,2-4,9-10H2,1H3,(H,17,21)(H,18,20)(H,22,23). The Balaban J connectivity index is 2.42.